The van der Waals surface area contributed by atoms with Crippen LogP contribution in [0.5, 0.6) is 0 Å². The van der Waals surface area contributed by atoms with E-state index in [0.29, 0.717) is 12.4 Å². The maximum absolute atomic E-state index is 5.73. The highest BCUT2D eigenvalue weighted by molar-refractivity contribution is 7.08. The molecule has 0 aromatic carbocycles. The van der Waals surface area contributed by atoms with Crippen LogP contribution in [0.1, 0.15) is 30.1 Å². The number of hydrogen-bond acceptors (Lipinski definition) is 6. The van der Waals surface area contributed by atoms with E-state index in [1.165, 1.54) is 0 Å². The minimum Gasteiger partial charge on any atom is -0.441 e. The van der Waals surface area contributed by atoms with Gasteiger partial charge < -0.3 is 9.73 Å². The molecular weight excluding hydrogens is 286 g/mol. The summed E-state index contributed by atoms with van der Waals surface area (Å²) in [6, 6.07) is 2.18. The molecule has 1 unspecified atom stereocenters. The molecule has 0 saturated carbocycles. The fourth-order valence-electron chi connectivity index (χ4n) is 1.97. The first-order valence-corrected chi connectivity index (χ1v) is 7.68. The molecule has 0 saturated heterocycles. The van der Waals surface area contributed by atoms with E-state index >= 15 is 0 Å². The molecule has 0 spiro atoms. The normalized spacial score (nSPS) is 12.7. The van der Waals surface area contributed by atoms with E-state index in [-0.39, 0.29) is 6.04 Å². The fraction of sp³-hybridized carbons (Fsp3) is 0.357. The van der Waals surface area contributed by atoms with E-state index in [0.717, 1.165) is 22.7 Å². The Morgan fingerprint density at radius 1 is 1.48 bits per heavy atom. The number of nitrogens with zero attached hydrogens (tertiary/aromatic N) is 4. The van der Waals surface area contributed by atoms with Crippen molar-refractivity contribution >= 4 is 11.3 Å². The van der Waals surface area contributed by atoms with Crippen LogP contribution in [0, 0.1) is 6.92 Å². The van der Waals surface area contributed by atoms with Crippen molar-refractivity contribution in [2.24, 2.45) is 0 Å². The van der Waals surface area contributed by atoms with Gasteiger partial charge in [-0.2, -0.15) is 11.3 Å². The Morgan fingerprint density at radius 2 is 2.33 bits per heavy atom. The minimum absolute atomic E-state index is 0.179. The average Bonchev–Trinajstić information content (AvgIpc) is 3.20. The Bertz CT molecular complexity index is 716. The molecule has 3 aromatic rings. The summed E-state index contributed by atoms with van der Waals surface area (Å²) in [5, 5.41) is 15.5. The fourth-order valence-corrected chi connectivity index (χ4v) is 2.60. The van der Waals surface area contributed by atoms with Crippen molar-refractivity contribution in [2.45, 2.75) is 26.4 Å². The van der Waals surface area contributed by atoms with Crippen LogP contribution in [0.4, 0.5) is 0 Å². The predicted octanol–water partition coefficient (Wildman–Crippen LogP) is 2.63. The molecule has 0 bridgehead atoms. The molecule has 6 nitrogen and oxygen atoms in total. The van der Waals surface area contributed by atoms with Crippen molar-refractivity contribution in [2.75, 3.05) is 7.05 Å². The van der Waals surface area contributed by atoms with Gasteiger partial charge in [-0.05, 0) is 32.3 Å². The number of rotatable bonds is 5. The molecule has 1 atom stereocenters. The molecule has 3 rings (SSSR count). The standard InChI is InChI=1S/C14H17N5OS/c1-9(15-3)12-6-19(18-17-12)7-13-10(2)20-14(16-13)11-4-5-21-8-11/h4-6,8-9,15H,7H2,1-3H3. The van der Waals surface area contributed by atoms with Crippen molar-refractivity contribution < 1.29 is 4.42 Å². The molecule has 7 heteroatoms. The number of thiophene rings is 1. The Labute approximate surface area is 126 Å². The molecule has 3 aromatic heterocycles. The van der Waals surface area contributed by atoms with Crippen molar-refractivity contribution in [1.82, 2.24) is 25.3 Å². The van der Waals surface area contributed by atoms with E-state index in [2.05, 4.69) is 20.6 Å². The molecule has 0 aliphatic rings. The van der Waals surface area contributed by atoms with Crippen LogP contribution in [0.15, 0.2) is 27.4 Å². The lowest BCUT2D eigenvalue weighted by Gasteiger charge is -2.03. The lowest BCUT2D eigenvalue weighted by atomic mass is 10.2. The Hall–Kier alpha value is -1.99. The summed E-state index contributed by atoms with van der Waals surface area (Å²) in [7, 11) is 1.90. The van der Waals surface area contributed by atoms with Crippen LogP contribution < -0.4 is 5.32 Å². The predicted molar refractivity (Wildman–Crippen MR) is 81.2 cm³/mol. The molecular formula is C14H17N5OS. The van der Waals surface area contributed by atoms with E-state index in [1.54, 1.807) is 16.0 Å². The van der Waals surface area contributed by atoms with Gasteiger partial charge >= 0.3 is 0 Å². The maximum atomic E-state index is 5.73. The van der Waals surface area contributed by atoms with Gasteiger partial charge in [0.05, 0.1) is 18.4 Å². The van der Waals surface area contributed by atoms with Gasteiger partial charge in [-0.1, -0.05) is 5.21 Å². The van der Waals surface area contributed by atoms with Gasteiger partial charge in [-0.15, -0.1) is 5.10 Å². The molecule has 0 aliphatic carbocycles. The van der Waals surface area contributed by atoms with Crippen molar-refractivity contribution in [3.63, 3.8) is 0 Å². The number of hydrogen-bond donors (Lipinski definition) is 1. The van der Waals surface area contributed by atoms with Gasteiger partial charge in [0.1, 0.15) is 11.5 Å². The minimum atomic E-state index is 0.179. The Morgan fingerprint density at radius 3 is 3.05 bits per heavy atom. The second-order valence-electron chi connectivity index (χ2n) is 4.89. The molecule has 21 heavy (non-hydrogen) atoms. The van der Waals surface area contributed by atoms with Gasteiger partial charge in [-0.25, -0.2) is 9.67 Å². The lowest BCUT2D eigenvalue weighted by Crippen LogP contribution is -2.12. The highest BCUT2D eigenvalue weighted by Gasteiger charge is 2.14. The van der Waals surface area contributed by atoms with Crippen LogP contribution in [-0.2, 0) is 6.54 Å². The first kappa shape index (κ1) is 14.0. The van der Waals surface area contributed by atoms with Gasteiger partial charge in [0.2, 0.25) is 5.89 Å². The van der Waals surface area contributed by atoms with E-state index in [1.807, 2.05) is 43.9 Å². The first-order valence-electron chi connectivity index (χ1n) is 6.73. The molecule has 3 heterocycles. The van der Waals surface area contributed by atoms with Crippen LogP contribution in [0.2, 0.25) is 0 Å². The summed E-state index contributed by atoms with van der Waals surface area (Å²) >= 11 is 1.63. The molecule has 0 aliphatic heterocycles. The summed E-state index contributed by atoms with van der Waals surface area (Å²) < 4.78 is 7.51. The second kappa shape index (κ2) is 5.79. The Balaban J connectivity index is 1.80. The van der Waals surface area contributed by atoms with Gasteiger partial charge in [0.25, 0.3) is 0 Å². The third-order valence-corrected chi connectivity index (χ3v) is 4.09. The van der Waals surface area contributed by atoms with Gasteiger partial charge in [0, 0.05) is 17.0 Å². The smallest absolute Gasteiger partial charge is 0.227 e. The Kier molecular flexibility index (Phi) is 3.85. The zero-order valence-corrected chi connectivity index (χ0v) is 13.0. The largest absolute Gasteiger partial charge is 0.441 e. The molecule has 0 radical (unpaired) electrons. The lowest BCUT2D eigenvalue weighted by molar-refractivity contribution is 0.535. The van der Waals surface area contributed by atoms with E-state index < -0.39 is 0 Å². The average molecular weight is 303 g/mol. The summed E-state index contributed by atoms with van der Waals surface area (Å²) in [4.78, 5) is 4.56. The monoisotopic (exact) mass is 303 g/mol. The van der Waals surface area contributed by atoms with Crippen LogP contribution in [0.3, 0.4) is 0 Å². The highest BCUT2D eigenvalue weighted by atomic mass is 32.1. The first-order chi connectivity index (χ1) is 10.2. The molecule has 110 valence electrons. The second-order valence-corrected chi connectivity index (χ2v) is 5.67. The van der Waals surface area contributed by atoms with Crippen LogP contribution >= 0.6 is 11.3 Å². The quantitative estimate of drug-likeness (QED) is 0.784. The third kappa shape index (κ3) is 2.88. The van der Waals surface area contributed by atoms with E-state index in [4.69, 9.17) is 4.42 Å². The number of aryl methyl sites for hydroxylation is 1. The number of aromatic nitrogens is 4. The van der Waals surface area contributed by atoms with Crippen molar-refractivity contribution in [3.8, 4) is 11.5 Å². The van der Waals surface area contributed by atoms with Gasteiger partial charge in [-0.3, -0.25) is 0 Å². The maximum Gasteiger partial charge on any atom is 0.227 e. The summed E-state index contributed by atoms with van der Waals surface area (Å²) in [5.41, 5.74) is 2.80. The molecule has 0 fully saturated rings. The zero-order valence-electron chi connectivity index (χ0n) is 12.2. The van der Waals surface area contributed by atoms with E-state index in [9.17, 15) is 0 Å². The third-order valence-electron chi connectivity index (χ3n) is 3.41. The van der Waals surface area contributed by atoms with Crippen LogP contribution in [0.25, 0.3) is 11.5 Å². The molecule has 1 N–H and O–H groups in total. The molecule has 0 amide bonds. The number of oxazole rings is 1. The van der Waals surface area contributed by atoms with Crippen LogP contribution in [-0.4, -0.2) is 27.0 Å². The van der Waals surface area contributed by atoms with Crippen molar-refractivity contribution in [1.29, 1.82) is 0 Å². The zero-order chi connectivity index (χ0) is 14.8. The highest BCUT2D eigenvalue weighted by Crippen LogP contribution is 2.24. The van der Waals surface area contributed by atoms with Crippen molar-refractivity contribution in [3.05, 3.63) is 40.2 Å². The summed E-state index contributed by atoms with van der Waals surface area (Å²) in [6.45, 7) is 4.53. The number of nitrogens with one attached hydrogen (secondary N) is 1. The summed E-state index contributed by atoms with van der Waals surface area (Å²) in [5.74, 6) is 1.47. The summed E-state index contributed by atoms with van der Waals surface area (Å²) in [6.07, 6.45) is 1.93. The SMILES string of the molecule is CNC(C)c1cn(Cc2nc(-c3ccsc3)oc2C)nn1. The topological polar surface area (TPSA) is 68.8 Å². The van der Waals surface area contributed by atoms with Gasteiger partial charge in [0.15, 0.2) is 0 Å².